The molecule has 4 aliphatic rings. The lowest BCUT2D eigenvalue weighted by molar-refractivity contribution is -0.143. The van der Waals surface area contributed by atoms with Gasteiger partial charge in [0.1, 0.15) is 6.07 Å². The van der Waals surface area contributed by atoms with E-state index in [1.54, 1.807) is 17.1 Å². The number of rotatable bonds is 4. The first kappa shape index (κ1) is 23.1. The standard InChI is InChI=1S/C28H41N3O2/c1-3-28(33)13-9-20-7-8-23-22(21(20)11-14-28)10-12-27(2)24(23)5-4-6-25(27)26(32)18-31-17-19(15-29)16-30-31/h16-17,20-25,33H,3-14,18H2,1-2H3/t20-,21+,22-,23-,24+,25-,27+,28+/m1/s1. The average molecular weight is 452 g/mol. The Bertz CT molecular complexity index is 918. The largest absolute Gasteiger partial charge is 0.390 e. The number of carbonyl (C=O) groups excluding carboxylic acids is 1. The number of fused-ring (bicyclic) bond motifs is 5. The van der Waals surface area contributed by atoms with Crippen LogP contribution in [0.5, 0.6) is 0 Å². The summed E-state index contributed by atoms with van der Waals surface area (Å²) in [5.74, 6) is 4.20. The second-order valence-corrected chi connectivity index (χ2v) is 12.1. The van der Waals surface area contributed by atoms with Gasteiger partial charge in [0.15, 0.2) is 5.78 Å². The zero-order chi connectivity index (χ0) is 23.2. The van der Waals surface area contributed by atoms with Crippen LogP contribution in [-0.2, 0) is 11.3 Å². The molecular weight excluding hydrogens is 410 g/mol. The van der Waals surface area contributed by atoms with Crippen LogP contribution in [0.3, 0.4) is 0 Å². The van der Waals surface area contributed by atoms with Gasteiger partial charge < -0.3 is 5.11 Å². The maximum absolute atomic E-state index is 13.5. The molecule has 4 fully saturated rings. The van der Waals surface area contributed by atoms with Gasteiger partial charge in [-0.05, 0) is 106 Å². The molecule has 4 saturated carbocycles. The number of aromatic nitrogens is 2. The lowest BCUT2D eigenvalue weighted by Gasteiger charge is -2.59. The van der Waals surface area contributed by atoms with Gasteiger partial charge >= 0.3 is 0 Å². The zero-order valence-corrected chi connectivity index (χ0v) is 20.5. The van der Waals surface area contributed by atoms with Crippen LogP contribution < -0.4 is 0 Å². The van der Waals surface area contributed by atoms with Gasteiger partial charge in [0.25, 0.3) is 0 Å². The second kappa shape index (κ2) is 8.84. The number of ketones is 1. The first-order valence-electron chi connectivity index (χ1n) is 13.5. The fourth-order valence-corrected chi connectivity index (χ4v) is 8.91. The molecule has 1 aromatic heterocycles. The molecular formula is C28H41N3O2. The molecule has 5 heteroatoms. The van der Waals surface area contributed by atoms with Gasteiger partial charge in [-0.15, -0.1) is 0 Å². The quantitative estimate of drug-likeness (QED) is 0.654. The average Bonchev–Trinajstić information content (AvgIpc) is 3.20. The van der Waals surface area contributed by atoms with E-state index >= 15 is 0 Å². The highest BCUT2D eigenvalue weighted by molar-refractivity contribution is 5.81. The molecule has 0 bridgehead atoms. The van der Waals surface area contributed by atoms with E-state index in [1.807, 2.05) is 0 Å². The van der Waals surface area contributed by atoms with Crippen molar-refractivity contribution in [2.24, 2.45) is 40.9 Å². The first-order valence-corrected chi connectivity index (χ1v) is 13.5. The van der Waals surface area contributed by atoms with Gasteiger partial charge in [0.2, 0.25) is 0 Å². The first-order chi connectivity index (χ1) is 15.9. The van der Waals surface area contributed by atoms with E-state index in [4.69, 9.17) is 5.26 Å². The van der Waals surface area contributed by atoms with Gasteiger partial charge in [-0.25, -0.2) is 0 Å². The van der Waals surface area contributed by atoms with Gasteiger partial charge in [-0.2, -0.15) is 10.4 Å². The smallest absolute Gasteiger partial charge is 0.157 e. The molecule has 5 nitrogen and oxygen atoms in total. The third kappa shape index (κ3) is 4.07. The molecule has 1 aromatic rings. The Labute approximate surface area is 198 Å². The van der Waals surface area contributed by atoms with Crippen molar-refractivity contribution in [2.45, 2.75) is 103 Å². The van der Waals surface area contributed by atoms with Crippen molar-refractivity contribution in [3.8, 4) is 6.07 Å². The van der Waals surface area contributed by atoms with Crippen molar-refractivity contribution in [1.29, 1.82) is 5.26 Å². The molecule has 4 aliphatic carbocycles. The number of nitrogens with zero attached hydrogens (tertiary/aromatic N) is 3. The summed E-state index contributed by atoms with van der Waals surface area (Å²) in [5.41, 5.74) is 0.186. The Kier molecular flexibility index (Phi) is 6.18. The van der Waals surface area contributed by atoms with Gasteiger partial charge in [-0.1, -0.05) is 20.3 Å². The van der Waals surface area contributed by atoms with E-state index < -0.39 is 5.60 Å². The molecule has 5 rings (SSSR count). The molecule has 0 aromatic carbocycles. The summed E-state index contributed by atoms with van der Waals surface area (Å²) in [6.07, 6.45) is 17.0. The fraction of sp³-hybridized carbons (Fsp3) is 0.821. The number of carbonyl (C=O) groups is 1. The lowest BCUT2D eigenvalue weighted by Crippen LogP contribution is -2.53. The normalized spacial score (nSPS) is 42.8. The van der Waals surface area contributed by atoms with E-state index in [0.29, 0.717) is 23.8 Å². The molecule has 0 radical (unpaired) electrons. The third-order valence-electron chi connectivity index (χ3n) is 10.8. The number of nitriles is 1. The van der Waals surface area contributed by atoms with Crippen molar-refractivity contribution < 1.29 is 9.90 Å². The minimum Gasteiger partial charge on any atom is -0.390 e. The molecule has 8 atom stereocenters. The topological polar surface area (TPSA) is 78.9 Å². The molecule has 1 N–H and O–H groups in total. The van der Waals surface area contributed by atoms with Crippen molar-refractivity contribution in [2.75, 3.05) is 0 Å². The van der Waals surface area contributed by atoms with Crippen molar-refractivity contribution >= 4 is 5.78 Å². The predicted octanol–water partition coefficient (Wildman–Crippen LogP) is 5.51. The van der Waals surface area contributed by atoms with Crippen LogP contribution in [0.4, 0.5) is 0 Å². The van der Waals surface area contributed by atoms with E-state index in [0.717, 1.165) is 55.8 Å². The summed E-state index contributed by atoms with van der Waals surface area (Å²) in [4.78, 5) is 13.5. The number of hydrogen-bond donors (Lipinski definition) is 1. The van der Waals surface area contributed by atoms with E-state index in [-0.39, 0.29) is 11.3 Å². The van der Waals surface area contributed by atoms with E-state index in [1.165, 1.54) is 44.9 Å². The SMILES string of the molecule is CC[C@]1(O)CC[C@H]2CC[C@@H]3[C@H](CC[C@]4(C)[C@@H](C(=O)Cn5cc(C#N)cn5)CCC[C@@H]34)[C@H]2CC1. The fourth-order valence-electron chi connectivity index (χ4n) is 8.91. The minimum absolute atomic E-state index is 0.101. The zero-order valence-electron chi connectivity index (χ0n) is 20.5. The summed E-state index contributed by atoms with van der Waals surface area (Å²) in [7, 11) is 0. The lowest BCUT2D eigenvalue weighted by atomic mass is 9.45. The summed E-state index contributed by atoms with van der Waals surface area (Å²) < 4.78 is 1.66. The summed E-state index contributed by atoms with van der Waals surface area (Å²) in [5, 5.41) is 24.3. The van der Waals surface area contributed by atoms with Crippen molar-refractivity contribution in [3.05, 3.63) is 18.0 Å². The van der Waals surface area contributed by atoms with Crippen LogP contribution in [0.2, 0.25) is 0 Å². The Morgan fingerprint density at radius 2 is 1.91 bits per heavy atom. The number of Topliss-reactive ketones (excluding diaryl/α,β-unsaturated/α-hetero) is 1. The molecule has 1 heterocycles. The maximum atomic E-state index is 13.5. The predicted molar refractivity (Wildman–Crippen MR) is 127 cm³/mol. The Morgan fingerprint density at radius 3 is 2.67 bits per heavy atom. The highest BCUT2D eigenvalue weighted by Gasteiger charge is 2.56. The van der Waals surface area contributed by atoms with Crippen LogP contribution in [0.15, 0.2) is 12.4 Å². The van der Waals surface area contributed by atoms with Crippen molar-refractivity contribution in [3.63, 3.8) is 0 Å². The molecule has 0 aliphatic heterocycles. The van der Waals surface area contributed by atoms with Crippen LogP contribution in [0, 0.1) is 52.3 Å². The van der Waals surface area contributed by atoms with Gasteiger partial charge in [0.05, 0.1) is 23.9 Å². The summed E-state index contributed by atoms with van der Waals surface area (Å²) in [6, 6.07) is 2.11. The highest BCUT2D eigenvalue weighted by atomic mass is 16.3. The molecule has 180 valence electrons. The number of aliphatic hydroxyl groups is 1. The molecule has 0 saturated heterocycles. The van der Waals surface area contributed by atoms with Crippen LogP contribution in [0.25, 0.3) is 0 Å². The third-order valence-corrected chi connectivity index (χ3v) is 10.8. The molecule has 0 unspecified atom stereocenters. The molecule has 0 spiro atoms. The van der Waals surface area contributed by atoms with E-state index in [9.17, 15) is 9.90 Å². The van der Waals surface area contributed by atoms with Crippen molar-refractivity contribution in [1.82, 2.24) is 9.78 Å². The summed E-state index contributed by atoms with van der Waals surface area (Å²) in [6.45, 7) is 4.87. The Balaban J connectivity index is 1.33. The van der Waals surface area contributed by atoms with Gasteiger partial charge in [0, 0.05) is 12.1 Å². The Morgan fingerprint density at radius 1 is 1.12 bits per heavy atom. The summed E-state index contributed by atoms with van der Waals surface area (Å²) >= 11 is 0. The van der Waals surface area contributed by atoms with Gasteiger partial charge in [-0.3, -0.25) is 9.48 Å². The monoisotopic (exact) mass is 451 g/mol. The molecule has 0 amide bonds. The van der Waals surface area contributed by atoms with E-state index in [2.05, 4.69) is 25.0 Å². The highest BCUT2D eigenvalue weighted by Crippen LogP contribution is 2.63. The maximum Gasteiger partial charge on any atom is 0.157 e. The minimum atomic E-state index is -0.434. The van der Waals surface area contributed by atoms with Crippen LogP contribution in [0.1, 0.15) is 96.5 Å². The number of hydrogen-bond acceptors (Lipinski definition) is 4. The molecule has 33 heavy (non-hydrogen) atoms. The second-order valence-electron chi connectivity index (χ2n) is 12.1. The Hall–Kier alpha value is -1.67. The van der Waals surface area contributed by atoms with Crippen LogP contribution >= 0.6 is 0 Å². The van der Waals surface area contributed by atoms with Crippen LogP contribution in [-0.4, -0.2) is 26.3 Å².